The second-order valence-corrected chi connectivity index (χ2v) is 11.2. The first-order valence-corrected chi connectivity index (χ1v) is 15.3. The number of fused-ring (bicyclic) bond motifs is 1. The van der Waals surface area contributed by atoms with E-state index in [-0.39, 0.29) is 12.5 Å². The van der Waals surface area contributed by atoms with Crippen molar-refractivity contribution in [3.63, 3.8) is 0 Å². The Morgan fingerprint density at radius 3 is 2.31 bits per heavy atom. The van der Waals surface area contributed by atoms with E-state index in [2.05, 4.69) is 27.8 Å². The van der Waals surface area contributed by atoms with Gasteiger partial charge in [-0.25, -0.2) is 0 Å². The van der Waals surface area contributed by atoms with Crippen LogP contribution in [0.2, 0.25) is 10.0 Å². The maximum atomic E-state index is 13.1. The van der Waals surface area contributed by atoms with Gasteiger partial charge in [-0.1, -0.05) is 77.8 Å². The third-order valence-corrected chi connectivity index (χ3v) is 8.06. The third-order valence-electron chi connectivity index (χ3n) is 5.46. The smallest absolute Gasteiger partial charge is 0.251 e. The fourth-order valence-corrected chi connectivity index (χ4v) is 6.38. The Kier molecular flexibility index (Phi) is 13.4. The molecule has 0 fully saturated rings. The summed E-state index contributed by atoms with van der Waals surface area (Å²) in [5.74, 6) is -0.0781. The first-order chi connectivity index (χ1) is 19.0. The van der Waals surface area contributed by atoms with Crippen LogP contribution in [-0.2, 0) is 10.9 Å². The van der Waals surface area contributed by atoms with Gasteiger partial charge in [0.05, 0.1) is 12.0 Å². The molecule has 0 aliphatic rings. The van der Waals surface area contributed by atoms with Crippen LogP contribution in [0.1, 0.15) is 29.8 Å². The average Bonchev–Trinajstić information content (AvgIpc) is 2.92. The van der Waals surface area contributed by atoms with Gasteiger partial charge in [-0.15, -0.1) is 0 Å². The third kappa shape index (κ3) is 9.68. The second-order valence-electron chi connectivity index (χ2n) is 8.30. The van der Waals surface area contributed by atoms with Crippen molar-refractivity contribution in [1.82, 2.24) is 5.32 Å². The molecule has 4 rings (SSSR count). The van der Waals surface area contributed by atoms with Crippen LogP contribution in [0.3, 0.4) is 0 Å². The van der Waals surface area contributed by atoms with Crippen LogP contribution in [0, 0.1) is 0 Å². The van der Waals surface area contributed by atoms with Gasteiger partial charge in [0.2, 0.25) is 0 Å². The largest absolute Gasteiger partial charge is 0.397 e. The van der Waals surface area contributed by atoms with Gasteiger partial charge in [0.25, 0.3) is 5.91 Å². The van der Waals surface area contributed by atoms with Gasteiger partial charge < -0.3 is 19.3 Å². The Bertz CT molecular complexity index is 1320. The Balaban J connectivity index is 0.00000134. The number of anilines is 1. The molecule has 0 aliphatic heterocycles. The van der Waals surface area contributed by atoms with E-state index in [0.29, 0.717) is 43.9 Å². The summed E-state index contributed by atoms with van der Waals surface area (Å²) < 4.78 is 7.86. The minimum atomic E-state index is -0.0781. The summed E-state index contributed by atoms with van der Waals surface area (Å²) in [4.78, 5) is 14.1. The molecule has 39 heavy (non-hydrogen) atoms. The quantitative estimate of drug-likeness (QED) is 0.103. The lowest BCUT2D eigenvalue weighted by atomic mass is 10.0. The number of amides is 1. The highest BCUT2D eigenvalue weighted by molar-refractivity contribution is 8.00. The average molecular weight is 604 g/mol. The lowest BCUT2D eigenvalue weighted by Crippen LogP contribution is -2.26. The van der Waals surface area contributed by atoms with E-state index in [4.69, 9.17) is 32.8 Å². The van der Waals surface area contributed by atoms with E-state index in [9.17, 15) is 4.79 Å². The molecule has 0 aromatic heterocycles. The van der Waals surface area contributed by atoms with Gasteiger partial charge in [-0.3, -0.25) is 4.79 Å². The van der Waals surface area contributed by atoms with Crippen molar-refractivity contribution < 1.29 is 14.4 Å². The van der Waals surface area contributed by atoms with Crippen LogP contribution in [0.25, 0.3) is 10.8 Å². The van der Waals surface area contributed by atoms with Crippen molar-refractivity contribution in [3.05, 3.63) is 106 Å². The molecule has 0 saturated carbocycles. The molecule has 9 heteroatoms. The molecule has 0 heterocycles. The van der Waals surface area contributed by atoms with Crippen LogP contribution in [0.4, 0.5) is 5.69 Å². The Morgan fingerprint density at radius 2 is 1.62 bits per heavy atom. The molecule has 1 atom stereocenters. The van der Waals surface area contributed by atoms with Crippen molar-refractivity contribution in [2.24, 2.45) is 0 Å². The lowest BCUT2D eigenvalue weighted by molar-refractivity contribution is 0.0956. The van der Waals surface area contributed by atoms with Crippen LogP contribution in [-0.4, -0.2) is 37.1 Å². The number of halogens is 2. The zero-order chi connectivity index (χ0) is 28.0. The molecule has 0 bridgehead atoms. The summed E-state index contributed by atoms with van der Waals surface area (Å²) >= 11 is 14.1. The highest BCUT2D eigenvalue weighted by Crippen LogP contribution is 2.39. The number of nitrogens with one attached hydrogen (secondary N) is 1. The van der Waals surface area contributed by atoms with Gasteiger partial charge in [0.15, 0.2) is 0 Å². The first-order valence-electron chi connectivity index (χ1n) is 12.7. The molecule has 1 unspecified atom stereocenters. The van der Waals surface area contributed by atoms with Crippen molar-refractivity contribution in [2.75, 3.05) is 30.3 Å². The van der Waals surface area contributed by atoms with Crippen molar-refractivity contribution in [3.8, 4) is 0 Å². The number of hydrogen-bond donors (Lipinski definition) is 2. The van der Waals surface area contributed by atoms with E-state index in [0.717, 1.165) is 27.8 Å². The molecule has 0 radical (unpaired) electrons. The van der Waals surface area contributed by atoms with Crippen molar-refractivity contribution in [1.29, 1.82) is 0 Å². The van der Waals surface area contributed by atoms with Gasteiger partial charge in [-0.05, 0) is 73.5 Å². The molecule has 0 saturated heterocycles. The topological polar surface area (TPSA) is 61.8 Å². The SMILES string of the molecule is CCO.CCOPCN(Sc1cc(Cl)cc(Cl)c1)c1cccc2c(C(=O)NCCc3ccccc3)cccc12. The van der Waals surface area contributed by atoms with Crippen LogP contribution in [0.5, 0.6) is 0 Å². The maximum Gasteiger partial charge on any atom is 0.251 e. The molecule has 4 aromatic carbocycles. The van der Waals surface area contributed by atoms with E-state index in [1.807, 2.05) is 67.6 Å². The minimum absolute atomic E-state index is 0.0781. The Labute approximate surface area is 246 Å². The summed E-state index contributed by atoms with van der Waals surface area (Å²) in [7, 11) is 0.294. The number of nitrogens with zero attached hydrogens (tertiary/aromatic N) is 1. The van der Waals surface area contributed by atoms with Gasteiger partial charge >= 0.3 is 0 Å². The van der Waals surface area contributed by atoms with E-state index in [1.54, 1.807) is 24.9 Å². The summed E-state index contributed by atoms with van der Waals surface area (Å²) in [5, 5.41) is 13.7. The van der Waals surface area contributed by atoms with Crippen LogP contribution >= 0.6 is 44.0 Å². The van der Waals surface area contributed by atoms with Crippen molar-refractivity contribution in [2.45, 2.75) is 25.2 Å². The summed E-state index contributed by atoms with van der Waals surface area (Å²) in [6.07, 6.45) is 1.46. The van der Waals surface area contributed by atoms with E-state index in [1.165, 1.54) is 5.56 Å². The fourth-order valence-electron chi connectivity index (χ4n) is 3.85. The zero-order valence-electron chi connectivity index (χ0n) is 22.0. The number of rotatable bonds is 11. The fraction of sp³-hybridized carbons (Fsp3) is 0.233. The molecule has 0 aliphatic carbocycles. The monoisotopic (exact) mass is 602 g/mol. The predicted molar refractivity (Wildman–Crippen MR) is 169 cm³/mol. The normalized spacial score (nSPS) is 10.9. The Hall–Kier alpha value is -2.31. The van der Waals surface area contributed by atoms with Crippen LogP contribution < -0.4 is 9.62 Å². The number of carbonyl (C=O) groups is 1. The number of aliphatic hydroxyl groups is 1. The summed E-state index contributed by atoms with van der Waals surface area (Å²) in [6, 6.07) is 27.6. The second kappa shape index (κ2) is 16.7. The molecule has 2 N–H and O–H groups in total. The molecule has 206 valence electrons. The highest BCUT2D eigenvalue weighted by atomic mass is 35.5. The molecular formula is C30H33Cl2N2O3PS. The molecule has 4 aromatic rings. The molecule has 5 nitrogen and oxygen atoms in total. The van der Waals surface area contributed by atoms with Gasteiger partial charge in [-0.2, -0.15) is 0 Å². The molecule has 1 amide bonds. The standard InChI is InChI=1S/C28H27Cl2N2O2PS.C2H6O/c1-2-34-35-19-32(36-23-17-21(29)16-22(30)18-23)27-13-7-10-24-25(27)11-6-12-26(24)28(33)31-15-14-20-8-4-3-5-9-20;1-2-3/h3-13,16-18,35H,2,14-15,19H2,1H3,(H,31,33);3H,2H2,1H3. The number of aliphatic hydroxyl groups excluding tert-OH is 1. The number of carbonyl (C=O) groups excluding carboxylic acids is 1. The van der Waals surface area contributed by atoms with Crippen LogP contribution in [0.15, 0.2) is 89.8 Å². The molecular weight excluding hydrogens is 570 g/mol. The lowest BCUT2D eigenvalue weighted by Gasteiger charge is -2.25. The first kappa shape index (κ1) is 31.2. The summed E-state index contributed by atoms with van der Waals surface area (Å²) in [6.45, 7) is 5.15. The van der Waals surface area contributed by atoms with Gasteiger partial charge in [0, 0.05) is 54.5 Å². The van der Waals surface area contributed by atoms with E-state index < -0.39 is 0 Å². The van der Waals surface area contributed by atoms with E-state index >= 15 is 0 Å². The number of benzene rings is 4. The predicted octanol–water partition coefficient (Wildman–Crippen LogP) is 8.22. The molecule has 0 spiro atoms. The van der Waals surface area contributed by atoms with Crippen molar-refractivity contribution >= 4 is 66.3 Å². The minimum Gasteiger partial charge on any atom is -0.397 e. The zero-order valence-corrected chi connectivity index (χ0v) is 25.3. The highest BCUT2D eigenvalue weighted by Gasteiger charge is 2.17. The Morgan fingerprint density at radius 1 is 0.949 bits per heavy atom. The maximum absolute atomic E-state index is 13.1. The number of hydrogen-bond acceptors (Lipinski definition) is 5. The van der Waals surface area contributed by atoms with Gasteiger partial charge in [0.1, 0.15) is 0 Å². The summed E-state index contributed by atoms with van der Waals surface area (Å²) in [5.41, 5.74) is 2.85.